The molecule has 78 valence electrons. The lowest BCUT2D eigenvalue weighted by molar-refractivity contribution is 0.0378. The third kappa shape index (κ3) is 2.04. The molecular formula is C9H15N3O2. The Morgan fingerprint density at radius 3 is 2.71 bits per heavy atom. The molecule has 0 aliphatic heterocycles. The molecule has 0 bridgehead atoms. The van der Waals surface area contributed by atoms with Gasteiger partial charge in [0.15, 0.2) is 5.82 Å². The largest absolute Gasteiger partial charge is 0.459 e. The van der Waals surface area contributed by atoms with Gasteiger partial charge in [0.05, 0.1) is 6.10 Å². The van der Waals surface area contributed by atoms with E-state index in [0.717, 1.165) is 0 Å². The quantitative estimate of drug-likeness (QED) is 0.717. The van der Waals surface area contributed by atoms with Gasteiger partial charge in [-0.25, -0.2) is 4.79 Å². The first-order valence-electron chi connectivity index (χ1n) is 4.50. The summed E-state index contributed by atoms with van der Waals surface area (Å²) in [5.74, 6) is 0.170. The third-order valence-corrected chi connectivity index (χ3v) is 1.73. The van der Waals surface area contributed by atoms with Crippen molar-refractivity contribution in [2.24, 2.45) is 0 Å². The van der Waals surface area contributed by atoms with Crippen LogP contribution in [0.2, 0.25) is 0 Å². The Morgan fingerprint density at radius 2 is 2.21 bits per heavy atom. The summed E-state index contributed by atoms with van der Waals surface area (Å²) in [4.78, 5) is 11.6. The van der Waals surface area contributed by atoms with Crippen molar-refractivity contribution in [2.75, 3.05) is 12.4 Å². The lowest BCUT2D eigenvalue weighted by atomic mass is 10.2. The molecular weight excluding hydrogens is 182 g/mol. The van der Waals surface area contributed by atoms with Gasteiger partial charge < -0.3 is 10.1 Å². The fourth-order valence-electron chi connectivity index (χ4n) is 1.13. The Morgan fingerprint density at radius 1 is 1.57 bits per heavy atom. The summed E-state index contributed by atoms with van der Waals surface area (Å²) in [5, 5.41) is 9.48. The Bertz CT molecular complexity index is 331. The number of aromatic nitrogens is 2. The minimum atomic E-state index is -0.351. The van der Waals surface area contributed by atoms with Gasteiger partial charge in [0, 0.05) is 12.7 Å². The molecule has 5 nitrogen and oxygen atoms in total. The van der Waals surface area contributed by atoms with Gasteiger partial charge in [-0.3, -0.25) is 5.10 Å². The SMILES string of the molecule is CNc1n[nH]c(C)c1C(=O)OC(C)C. The van der Waals surface area contributed by atoms with E-state index in [9.17, 15) is 4.79 Å². The van der Waals surface area contributed by atoms with Crippen LogP contribution in [0.1, 0.15) is 29.9 Å². The number of carbonyl (C=O) groups excluding carboxylic acids is 1. The zero-order valence-electron chi connectivity index (χ0n) is 8.84. The van der Waals surface area contributed by atoms with Gasteiger partial charge in [-0.1, -0.05) is 0 Å². The van der Waals surface area contributed by atoms with Gasteiger partial charge in [0.1, 0.15) is 5.56 Å². The van der Waals surface area contributed by atoms with E-state index in [-0.39, 0.29) is 12.1 Å². The summed E-state index contributed by atoms with van der Waals surface area (Å²) in [6, 6.07) is 0. The van der Waals surface area contributed by atoms with Crippen LogP contribution in [0.5, 0.6) is 0 Å². The number of H-pyrrole nitrogens is 1. The van der Waals surface area contributed by atoms with E-state index in [0.29, 0.717) is 17.1 Å². The van der Waals surface area contributed by atoms with Crippen molar-refractivity contribution in [3.05, 3.63) is 11.3 Å². The molecule has 0 aliphatic carbocycles. The molecule has 14 heavy (non-hydrogen) atoms. The first-order valence-corrected chi connectivity index (χ1v) is 4.50. The molecule has 0 unspecified atom stereocenters. The number of esters is 1. The van der Waals surface area contributed by atoms with Gasteiger partial charge in [-0.2, -0.15) is 5.10 Å². The average Bonchev–Trinajstić information content (AvgIpc) is 2.45. The van der Waals surface area contributed by atoms with Crippen LogP contribution in [-0.4, -0.2) is 29.3 Å². The molecule has 0 aliphatic rings. The highest BCUT2D eigenvalue weighted by molar-refractivity contribution is 5.95. The normalized spacial score (nSPS) is 10.4. The number of aromatic amines is 1. The average molecular weight is 197 g/mol. The molecule has 0 saturated heterocycles. The highest BCUT2D eigenvalue weighted by Crippen LogP contribution is 2.16. The van der Waals surface area contributed by atoms with Crippen molar-refractivity contribution < 1.29 is 9.53 Å². The lowest BCUT2D eigenvalue weighted by Crippen LogP contribution is -2.13. The van der Waals surface area contributed by atoms with E-state index in [1.165, 1.54) is 0 Å². The monoisotopic (exact) mass is 197 g/mol. The van der Waals surface area contributed by atoms with Crippen molar-refractivity contribution >= 4 is 11.8 Å². The van der Waals surface area contributed by atoms with Gasteiger partial charge in [0.2, 0.25) is 0 Å². The maximum Gasteiger partial charge on any atom is 0.344 e. The Labute approximate surface area is 82.8 Å². The summed E-state index contributed by atoms with van der Waals surface area (Å²) in [7, 11) is 1.71. The van der Waals surface area contributed by atoms with E-state index < -0.39 is 0 Å². The van der Waals surface area contributed by atoms with Gasteiger partial charge in [-0.05, 0) is 20.8 Å². The number of hydrogen-bond acceptors (Lipinski definition) is 4. The van der Waals surface area contributed by atoms with Crippen LogP contribution < -0.4 is 5.32 Å². The van der Waals surface area contributed by atoms with Crippen molar-refractivity contribution in [2.45, 2.75) is 26.9 Å². The number of hydrogen-bond donors (Lipinski definition) is 2. The van der Waals surface area contributed by atoms with Crippen LogP contribution in [-0.2, 0) is 4.74 Å². The van der Waals surface area contributed by atoms with E-state index >= 15 is 0 Å². The number of anilines is 1. The minimum absolute atomic E-state index is 0.124. The molecule has 1 aromatic rings. The molecule has 0 atom stereocenters. The second-order valence-corrected chi connectivity index (χ2v) is 3.28. The predicted molar refractivity (Wildman–Crippen MR) is 53.4 cm³/mol. The number of aryl methyl sites for hydroxylation is 1. The molecule has 2 N–H and O–H groups in total. The van der Waals surface area contributed by atoms with Crippen LogP contribution in [0.4, 0.5) is 5.82 Å². The van der Waals surface area contributed by atoms with Crippen LogP contribution in [0.3, 0.4) is 0 Å². The Hall–Kier alpha value is -1.52. The number of carbonyl (C=O) groups is 1. The van der Waals surface area contributed by atoms with E-state index in [4.69, 9.17) is 4.74 Å². The lowest BCUT2D eigenvalue weighted by Gasteiger charge is -2.08. The molecule has 0 fully saturated rings. The molecule has 0 spiro atoms. The van der Waals surface area contributed by atoms with Gasteiger partial charge in [0.25, 0.3) is 0 Å². The summed E-state index contributed by atoms with van der Waals surface area (Å²) >= 11 is 0. The highest BCUT2D eigenvalue weighted by Gasteiger charge is 2.19. The first-order chi connectivity index (χ1) is 6.56. The second kappa shape index (κ2) is 4.13. The Balaban J connectivity index is 2.93. The number of rotatable bonds is 3. The summed E-state index contributed by atoms with van der Waals surface area (Å²) in [5.41, 5.74) is 1.18. The minimum Gasteiger partial charge on any atom is -0.459 e. The molecule has 0 saturated carbocycles. The van der Waals surface area contributed by atoms with Gasteiger partial charge in [-0.15, -0.1) is 0 Å². The standard InChI is InChI=1S/C9H15N3O2/c1-5(2)14-9(13)7-6(3)11-12-8(7)10-4/h5H,1-4H3,(H2,10,11,12). The fourth-order valence-corrected chi connectivity index (χ4v) is 1.13. The van der Waals surface area contributed by atoms with E-state index in [2.05, 4.69) is 15.5 Å². The summed E-state index contributed by atoms with van der Waals surface area (Å²) in [6.07, 6.45) is -0.124. The molecule has 1 heterocycles. The summed E-state index contributed by atoms with van der Waals surface area (Å²) < 4.78 is 5.08. The van der Waals surface area contributed by atoms with Crippen LogP contribution in [0.25, 0.3) is 0 Å². The van der Waals surface area contributed by atoms with Gasteiger partial charge >= 0.3 is 5.97 Å². The summed E-state index contributed by atoms with van der Waals surface area (Å²) in [6.45, 7) is 5.41. The van der Waals surface area contributed by atoms with E-state index in [1.807, 2.05) is 13.8 Å². The molecule has 0 amide bonds. The topological polar surface area (TPSA) is 67.0 Å². The van der Waals surface area contributed by atoms with Crippen molar-refractivity contribution in [3.63, 3.8) is 0 Å². The molecule has 1 aromatic heterocycles. The van der Waals surface area contributed by atoms with Crippen molar-refractivity contribution in [1.82, 2.24) is 10.2 Å². The maximum atomic E-state index is 11.6. The van der Waals surface area contributed by atoms with Crippen molar-refractivity contribution in [1.29, 1.82) is 0 Å². The predicted octanol–water partition coefficient (Wildman–Crippen LogP) is 1.33. The molecule has 0 radical (unpaired) electrons. The molecule has 0 aromatic carbocycles. The zero-order valence-corrected chi connectivity index (χ0v) is 8.84. The van der Waals surface area contributed by atoms with Crippen LogP contribution in [0, 0.1) is 6.92 Å². The van der Waals surface area contributed by atoms with Crippen molar-refractivity contribution in [3.8, 4) is 0 Å². The molecule has 5 heteroatoms. The number of nitrogens with one attached hydrogen (secondary N) is 2. The fraction of sp³-hybridized carbons (Fsp3) is 0.556. The zero-order chi connectivity index (χ0) is 10.7. The van der Waals surface area contributed by atoms with E-state index in [1.54, 1.807) is 14.0 Å². The second-order valence-electron chi connectivity index (χ2n) is 3.28. The van der Waals surface area contributed by atoms with Crippen LogP contribution in [0.15, 0.2) is 0 Å². The Kier molecular flexibility index (Phi) is 3.11. The number of ether oxygens (including phenoxy) is 1. The highest BCUT2D eigenvalue weighted by atomic mass is 16.5. The number of nitrogens with zero attached hydrogens (tertiary/aromatic N) is 1. The molecule has 1 rings (SSSR count). The smallest absolute Gasteiger partial charge is 0.344 e. The third-order valence-electron chi connectivity index (χ3n) is 1.73. The maximum absolute atomic E-state index is 11.6. The first kappa shape index (κ1) is 10.6. The van der Waals surface area contributed by atoms with Crippen LogP contribution >= 0.6 is 0 Å².